The molecule has 0 spiro atoms. The van der Waals surface area contributed by atoms with E-state index >= 15 is 0 Å². The SMILES string of the molecule is CCc1nc2ncccn2c1C(=O)c1ccc(Cl)cc1. The molecule has 3 aromatic rings. The topological polar surface area (TPSA) is 47.3 Å². The van der Waals surface area contributed by atoms with Crippen LogP contribution in [0.25, 0.3) is 5.78 Å². The predicted molar refractivity (Wildman–Crippen MR) is 77.2 cm³/mol. The molecule has 1 aromatic carbocycles. The van der Waals surface area contributed by atoms with Crippen LogP contribution >= 0.6 is 11.6 Å². The maximum Gasteiger partial charge on any atom is 0.234 e. The van der Waals surface area contributed by atoms with Crippen LogP contribution in [0.4, 0.5) is 0 Å². The van der Waals surface area contributed by atoms with Crippen LogP contribution in [-0.4, -0.2) is 20.2 Å². The molecule has 2 aromatic heterocycles. The number of aromatic nitrogens is 3. The van der Waals surface area contributed by atoms with Crippen LogP contribution in [0.15, 0.2) is 42.7 Å². The van der Waals surface area contributed by atoms with Crippen molar-refractivity contribution in [1.29, 1.82) is 0 Å². The predicted octanol–water partition coefficient (Wildman–Crippen LogP) is 3.18. The van der Waals surface area contributed by atoms with Crippen molar-refractivity contribution in [2.45, 2.75) is 13.3 Å². The first kappa shape index (κ1) is 12.8. The second-order valence-corrected chi connectivity index (χ2v) is 4.82. The van der Waals surface area contributed by atoms with Gasteiger partial charge >= 0.3 is 0 Å². The number of carbonyl (C=O) groups excluding carboxylic acids is 1. The van der Waals surface area contributed by atoms with Gasteiger partial charge < -0.3 is 0 Å². The first-order valence-corrected chi connectivity index (χ1v) is 6.70. The average molecular weight is 286 g/mol. The molecule has 2 heterocycles. The van der Waals surface area contributed by atoms with Crippen molar-refractivity contribution in [3.63, 3.8) is 0 Å². The summed E-state index contributed by atoms with van der Waals surface area (Å²) in [4.78, 5) is 21.3. The highest BCUT2D eigenvalue weighted by molar-refractivity contribution is 6.30. The molecule has 5 heteroatoms. The number of rotatable bonds is 3. The monoisotopic (exact) mass is 285 g/mol. The minimum atomic E-state index is -0.0704. The Bertz CT molecular complexity index is 777. The van der Waals surface area contributed by atoms with E-state index in [2.05, 4.69) is 9.97 Å². The summed E-state index contributed by atoms with van der Waals surface area (Å²) in [6.07, 6.45) is 4.15. The van der Waals surface area contributed by atoms with Crippen molar-refractivity contribution in [3.8, 4) is 0 Å². The molecule has 0 atom stereocenters. The molecule has 0 aliphatic rings. The number of carbonyl (C=O) groups is 1. The number of halogens is 1. The van der Waals surface area contributed by atoms with Crippen molar-refractivity contribution in [2.24, 2.45) is 0 Å². The molecule has 20 heavy (non-hydrogen) atoms. The molecule has 100 valence electrons. The van der Waals surface area contributed by atoms with Gasteiger partial charge in [-0.25, -0.2) is 9.97 Å². The Balaban J connectivity index is 2.17. The van der Waals surface area contributed by atoms with Gasteiger partial charge in [-0.15, -0.1) is 0 Å². The molecule has 4 nitrogen and oxygen atoms in total. The lowest BCUT2D eigenvalue weighted by Gasteiger charge is -2.03. The lowest BCUT2D eigenvalue weighted by atomic mass is 10.1. The summed E-state index contributed by atoms with van der Waals surface area (Å²) in [5, 5.41) is 0.608. The highest BCUT2D eigenvalue weighted by Crippen LogP contribution is 2.18. The summed E-state index contributed by atoms with van der Waals surface area (Å²) in [5.74, 6) is 0.473. The summed E-state index contributed by atoms with van der Waals surface area (Å²) in [6.45, 7) is 1.97. The maximum atomic E-state index is 12.7. The van der Waals surface area contributed by atoms with Crippen LogP contribution in [0.3, 0.4) is 0 Å². The van der Waals surface area contributed by atoms with E-state index in [1.54, 1.807) is 47.1 Å². The molecule has 0 bridgehead atoms. The summed E-state index contributed by atoms with van der Waals surface area (Å²) in [5.41, 5.74) is 1.91. The fourth-order valence-electron chi connectivity index (χ4n) is 2.16. The van der Waals surface area contributed by atoms with Gasteiger partial charge in [0.15, 0.2) is 0 Å². The van der Waals surface area contributed by atoms with Gasteiger partial charge in [0.2, 0.25) is 11.6 Å². The van der Waals surface area contributed by atoms with Gasteiger partial charge in [0.1, 0.15) is 5.69 Å². The van der Waals surface area contributed by atoms with Gasteiger partial charge in [0.25, 0.3) is 0 Å². The highest BCUT2D eigenvalue weighted by Gasteiger charge is 2.19. The van der Waals surface area contributed by atoms with Gasteiger partial charge in [-0.2, -0.15) is 0 Å². The van der Waals surface area contributed by atoms with E-state index in [4.69, 9.17) is 11.6 Å². The summed E-state index contributed by atoms with van der Waals surface area (Å²) in [7, 11) is 0. The third-order valence-electron chi connectivity index (χ3n) is 3.13. The minimum Gasteiger partial charge on any atom is -0.287 e. The number of aryl methyl sites for hydroxylation is 1. The lowest BCUT2D eigenvalue weighted by molar-refractivity contribution is 0.103. The molecular formula is C15H12ClN3O. The van der Waals surface area contributed by atoms with E-state index in [-0.39, 0.29) is 5.78 Å². The van der Waals surface area contributed by atoms with Crippen molar-refractivity contribution < 1.29 is 4.79 Å². The van der Waals surface area contributed by atoms with Gasteiger partial charge in [-0.1, -0.05) is 18.5 Å². The van der Waals surface area contributed by atoms with Crippen LogP contribution in [-0.2, 0) is 6.42 Å². The second kappa shape index (κ2) is 5.06. The van der Waals surface area contributed by atoms with Crippen molar-refractivity contribution in [1.82, 2.24) is 14.4 Å². The Morgan fingerprint density at radius 1 is 1.30 bits per heavy atom. The largest absolute Gasteiger partial charge is 0.287 e. The highest BCUT2D eigenvalue weighted by atomic mass is 35.5. The number of hydrogen-bond donors (Lipinski definition) is 0. The zero-order valence-electron chi connectivity index (χ0n) is 10.9. The summed E-state index contributed by atoms with van der Waals surface area (Å²) >= 11 is 5.86. The van der Waals surface area contributed by atoms with E-state index in [1.165, 1.54) is 0 Å². The average Bonchev–Trinajstić information content (AvgIpc) is 2.85. The Hall–Kier alpha value is -2.20. The number of imidazole rings is 1. The van der Waals surface area contributed by atoms with Gasteiger partial charge in [-0.05, 0) is 36.8 Å². The molecule has 0 radical (unpaired) electrons. The van der Waals surface area contributed by atoms with E-state index < -0.39 is 0 Å². The van der Waals surface area contributed by atoms with Gasteiger partial charge in [-0.3, -0.25) is 9.20 Å². The molecule has 0 N–H and O–H groups in total. The fraction of sp³-hybridized carbons (Fsp3) is 0.133. The Labute approximate surface area is 121 Å². The van der Waals surface area contributed by atoms with Crippen LogP contribution < -0.4 is 0 Å². The molecule has 0 saturated carbocycles. The van der Waals surface area contributed by atoms with E-state index in [0.717, 1.165) is 5.69 Å². The van der Waals surface area contributed by atoms with Crippen LogP contribution in [0.1, 0.15) is 28.7 Å². The smallest absolute Gasteiger partial charge is 0.234 e. The Morgan fingerprint density at radius 2 is 2.05 bits per heavy atom. The van der Waals surface area contributed by atoms with Crippen LogP contribution in [0, 0.1) is 0 Å². The zero-order valence-corrected chi connectivity index (χ0v) is 11.6. The number of nitrogens with zero attached hydrogens (tertiary/aromatic N) is 3. The van der Waals surface area contributed by atoms with Gasteiger partial charge in [0, 0.05) is 23.0 Å². The molecule has 0 amide bonds. The first-order chi connectivity index (χ1) is 9.70. The number of hydrogen-bond acceptors (Lipinski definition) is 3. The first-order valence-electron chi connectivity index (χ1n) is 6.33. The third-order valence-corrected chi connectivity index (χ3v) is 3.38. The molecule has 0 unspecified atom stereocenters. The van der Waals surface area contributed by atoms with Crippen LogP contribution in [0.5, 0.6) is 0 Å². The zero-order chi connectivity index (χ0) is 14.1. The molecule has 0 aliphatic heterocycles. The van der Waals surface area contributed by atoms with Crippen LogP contribution in [0.2, 0.25) is 5.02 Å². The van der Waals surface area contributed by atoms with Gasteiger partial charge in [0.05, 0.1) is 5.69 Å². The normalized spacial score (nSPS) is 10.9. The summed E-state index contributed by atoms with van der Waals surface area (Å²) in [6, 6.07) is 8.65. The molecule has 0 aliphatic carbocycles. The molecule has 0 saturated heterocycles. The maximum absolute atomic E-state index is 12.7. The molecule has 0 fully saturated rings. The van der Waals surface area contributed by atoms with E-state index in [1.807, 2.05) is 6.92 Å². The van der Waals surface area contributed by atoms with Crippen molar-refractivity contribution >= 4 is 23.2 Å². The Morgan fingerprint density at radius 3 is 2.75 bits per heavy atom. The standard InChI is InChI=1S/C15H12ClN3O/c1-2-12-13(19-9-3-8-17-15(19)18-12)14(20)10-4-6-11(16)7-5-10/h3-9H,2H2,1H3. The number of benzene rings is 1. The van der Waals surface area contributed by atoms with Crippen molar-refractivity contribution in [2.75, 3.05) is 0 Å². The fourth-order valence-corrected chi connectivity index (χ4v) is 2.28. The minimum absolute atomic E-state index is 0.0704. The lowest BCUT2D eigenvalue weighted by Crippen LogP contribution is -2.08. The molecular weight excluding hydrogens is 274 g/mol. The third kappa shape index (κ3) is 2.08. The van der Waals surface area contributed by atoms with E-state index in [9.17, 15) is 4.79 Å². The summed E-state index contributed by atoms with van der Waals surface area (Å²) < 4.78 is 1.73. The number of ketones is 1. The molecule has 3 rings (SSSR count). The van der Waals surface area contributed by atoms with E-state index in [0.29, 0.717) is 28.5 Å². The quantitative estimate of drug-likeness (QED) is 0.695. The Kier molecular flexibility index (Phi) is 3.24. The van der Waals surface area contributed by atoms with Crippen molar-refractivity contribution in [3.05, 3.63) is 64.7 Å². The second-order valence-electron chi connectivity index (χ2n) is 4.39. The number of fused-ring (bicyclic) bond motifs is 1.